The lowest BCUT2D eigenvalue weighted by molar-refractivity contribution is 0.0546. The molecule has 2 heterocycles. The summed E-state index contributed by atoms with van der Waals surface area (Å²) in [6, 6.07) is 0. The summed E-state index contributed by atoms with van der Waals surface area (Å²) in [6.45, 7) is 3.57. The second-order valence-corrected chi connectivity index (χ2v) is 7.24. The van der Waals surface area contributed by atoms with Crippen molar-refractivity contribution >= 4 is 9.84 Å². The van der Waals surface area contributed by atoms with Crippen LogP contribution in [0.3, 0.4) is 0 Å². The predicted octanol–water partition coefficient (Wildman–Crippen LogP) is 0.437. The first kappa shape index (κ1) is 12.3. The average Bonchev–Trinajstić information content (AvgIpc) is 2.60. The Morgan fingerprint density at radius 1 is 1.19 bits per heavy atom. The summed E-state index contributed by atoms with van der Waals surface area (Å²) < 4.78 is 27.9. The average molecular weight is 247 g/mol. The van der Waals surface area contributed by atoms with Crippen LogP contribution in [0.15, 0.2) is 0 Å². The van der Waals surface area contributed by atoms with Crippen molar-refractivity contribution < 1.29 is 13.2 Å². The van der Waals surface area contributed by atoms with Gasteiger partial charge in [0.25, 0.3) is 0 Å². The minimum absolute atomic E-state index is 0.328. The van der Waals surface area contributed by atoms with Crippen LogP contribution in [0, 0.1) is 11.8 Å². The Hall–Kier alpha value is -0.130. The van der Waals surface area contributed by atoms with Crippen LogP contribution in [-0.2, 0) is 14.6 Å². The van der Waals surface area contributed by atoms with E-state index in [2.05, 4.69) is 5.32 Å². The first-order valence-corrected chi connectivity index (χ1v) is 7.97. The van der Waals surface area contributed by atoms with Crippen LogP contribution in [0.2, 0.25) is 0 Å². The third-order valence-electron chi connectivity index (χ3n) is 3.45. The highest BCUT2D eigenvalue weighted by Gasteiger charge is 2.27. The molecule has 2 aliphatic heterocycles. The second kappa shape index (κ2) is 5.47. The molecule has 4 nitrogen and oxygen atoms in total. The summed E-state index contributed by atoms with van der Waals surface area (Å²) in [5, 5.41) is 3.39. The lowest BCUT2D eigenvalue weighted by Crippen LogP contribution is -2.32. The van der Waals surface area contributed by atoms with Gasteiger partial charge in [-0.2, -0.15) is 0 Å². The summed E-state index contributed by atoms with van der Waals surface area (Å²) in [5.74, 6) is 1.70. The van der Waals surface area contributed by atoms with Crippen LogP contribution in [0.5, 0.6) is 0 Å². The molecule has 0 bridgehead atoms. The lowest BCUT2D eigenvalue weighted by Gasteiger charge is -2.22. The van der Waals surface area contributed by atoms with Gasteiger partial charge in [0.1, 0.15) is 0 Å². The molecule has 16 heavy (non-hydrogen) atoms. The fraction of sp³-hybridized carbons (Fsp3) is 1.00. The quantitative estimate of drug-likeness (QED) is 0.783. The molecule has 2 atom stereocenters. The Labute approximate surface area is 97.7 Å². The second-order valence-electron chi connectivity index (χ2n) is 5.01. The van der Waals surface area contributed by atoms with Gasteiger partial charge in [0, 0.05) is 13.2 Å². The highest BCUT2D eigenvalue weighted by atomic mass is 32.2. The van der Waals surface area contributed by atoms with Gasteiger partial charge in [-0.05, 0) is 37.6 Å². The van der Waals surface area contributed by atoms with Crippen LogP contribution in [-0.4, -0.2) is 46.2 Å². The topological polar surface area (TPSA) is 55.4 Å². The van der Waals surface area contributed by atoms with Gasteiger partial charge in [-0.25, -0.2) is 8.42 Å². The van der Waals surface area contributed by atoms with Crippen molar-refractivity contribution in [2.75, 3.05) is 37.8 Å². The van der Waals surface area contributed by atoms with Gasteiger partial charge in [-0.1, -0.05) is 0 Å². The lowest BCUT2D eigenvalue weighted by atomic mass is 10.0. The maximum absolute atomic E-state index is 11.3. The monoisotopic (exact) mass is 247 g/mol. The zero-order valence-corrected chi connectivity index (χ0v) is 10.5. The molecule has 5 heteroatoms. The third-order valence-corrected chi connectivity index (χ3v) is 5.28. The first-order chi connectivity index (χ1) is 7.66. The summed E-state index contributed by atoms with van der Waals surface area (Å²) in [4.78, 5) is 0. The van der Waals surface area contributed by atoms with Crippen LogP contribution in [0.4, 0.5) is 0 Å². The van der Waals surface area contributed by atoms with Gasteiger partial charge in [0.05, 0.1) is 18.1 Å². The third kappa shape index (κ3) is 3.71. The fourth-order valence-electron chi connectivity index (χ4n) is 2.49. The van der Waals surface area contributed by atoms with Crippen molar-refractivity contribution in [3.63, 3.8) is 0 Å². The molecule has 0 aromatic rings. The van der Waals surface area contributed by atoms with E-state index in [4.69, 9.17) is 4.74 Å². The molecule has 0 saturated carbocycles. The maximum Gasteiger partial charge on any atom is 0.150 e. The molecule has 0 radical (unpaired) electrons. The number of hydrogen-bond acceptors (Lipinski definition) is 4. The Kier molecular flexibility index (Phi) is 4.21. The van der Waals surface area contributed by atoms with E-state index in [1.54, 1.807) is 0 Å². The van der Waals surface area contributed by atoms with Gasteiger partial charge in [-0.15, -0.1) is 0 Å². The van der Waals surface area contributed by atoms with Crippen molar-refractivity contribution in [1.29, 1.82) is 0 Å². The first-order valence-electron chi connectivity index (χ1n) is 6.14. The number of nitrogens with one attached hydrogen (secondary N) is 1. The highest BCUT2D eigenvalue weighted by molar-refractivity contribution is 7.91. The van der Waals surface area contributed by atoms with Crippen molar-refractivity contribution in [2.24, 2.45) is 11.8 Å². The van der Waals surface area contributed by atoms with Crippen molar-refractivity contribution in [3.8, 4) is 0 Å². The Morgan fingerprint density at radius 2 is 2.00 bits per heavy atom. The number of hydrogen-bond donors (Lipinski definition) is 1. The van der Waals surface area contributed by atoms with Gasteiger partial charge < -0.3 is 10.1 Å². The fourth-order valence-corrected chi connectivity index (χ4v) is 4.35. The number of sulfone groups is 1. The molecular formula is C11H21NO3S. The molecule has 94 valence electrons. The molecule has 0 aromatic heterocycles. The summed E-state index contributed by atoms with van der Waals surface area (Å²) in [7, 11) is -2.72. The zero-order chi connectivity index (χ0) is 11.4. The summed E-state index contributed by atoms with van der Waals surface area (Å²) >= 11 is 0. The predicted molar refractivity (Wildman–Crippen MR) is 63.2 cm³/mol. The Balaban J connectivity index is 1.61. The Morgan fingerprint density at radius 3 is 2.62 bits per heavy atom. The molecule has 0 spiro atoms. The van der Waals surface area contributed by atoms with Crippen molar-refractivity contribution in [1.82, 2.24) is 5.32 Å². The number of ether oxygens (including phenoxy) is 1. The van der Waals surface area contributed by atoms with E-state index in [1.807, 2.05) is 0 Å². The van der Waals surface area contributed by atoms with Crippen LogP contribution >= 0.6 is 0 Å². The van der Waals surface area contributed by atoms with Gasteiger partial charge >= 0.3 is 0 Å². The molecule has 0 aliphatic carbocycles. The SMILES string of the molecule is O=S1(=O)CCC(CNCC2CCCOC2)C1. The number of rotatable bonds is 4. The van der Waals surface area contributed by atoms with Gasteiger partial charge in [0.2, 0.25) is 0 Å². The van der Waals surface area contributed by atoms with E-state index in [0.29, 0.717) is 23.3 Å². The van der Waals surface area contributed by atoms with Crippen molar-refractivity contribution in [2.45, 2.75) is 19.3 Å². The summed E-state index contributed by atoms with van der Waals surface area (Å²) in [6.07, 6.45) is 3.22. The molecule has 2 aliphatic rings. The zero-order valence-electron chi connectivity index (χ0n) is 9.65. The largest absolute Gasteiger partial charge is 0.381 e. The van der Waals surface area contributed by atoms with Crippen molar-refractivity contribution in [3.05, 3.63) is 0 Å². The summed E-state index contributed by atoms with van der Waals surface area (Å²) in [5.41, 5.74) is 0. The maximum atomic E-state index is 11.3. The normalized spacial score (nSPS) is 34.0. The van der Waals surface area contributed by atoms with Gasteiger partial charge in [0.15, 0.2) is 9.84 Å². The molecule has 2 fully saturated rings. The van der Waals surface area contributed by atoms with Crippen LogP contribution in [0.1, 0.15) is 19.3 Å². The molecule has 0 aromatic carbocycles. The molecule has 1 N–H and O–H groups in total. The molecular weight excluding hydrogens is 226 g/mol. The van der Waals surface area contributed by atoms with E-state index in [1.165, 1.54) is 6.42 Å². The van der Waals surface area contributed by atoms with E-state index in [0.717, 1.165) is 39.1 Å². The standard InChI is InChI=1S/C11H21NO3S/c13-16(14)5-3-11(9-16)7-12-6-10-2-1-4-15-8-10/h10-12H,1-9H2. The van der Waals surface area contributed by atoms with Crippen LogP contribution < -0.4 is 5.32 Å². The molecule has 2 rings (SSSR count). The molecule has 2 unspecified atom stereocenters. The Bertz CT molecular complexity index is 309. The van der Waals surface area contributed by atoms with E-state index < -0.39 is 9.84 Å². The minimum Gasteiger partial charge on any atom is -0.381 e. The minimum atomic E-state index is -2.72. The van der Waals surface area contributed by atoms with E-state index in [9.17, 15) is 8.42 Å². The molecule has 0 amide bonds. The van der Waals surface area contributed by atoms with E-state index in [-0.39, 0.29) is 0 Å². The van der Waals surface area contributed by atoms with Crippen LogP contribution in [0.25, 0.3) is 0 Å². The van der Waals surface area contributed by atoms with E-state index >= 15 is 0 Å². The highest BCUT2D eigenvalue weighted by Crippen LogP contribution is 2.18. The smallest absolute Gasteiger partial charge is 0.150 e. The molecule has 2 saturated heterocycles. The van der Waals surface area contributed by atoms with Gasteiger partial charge in [-0.3, -0.25) is 0 Å².